The van der Waals surface area contributed by atoms with E-state index in [9.17, 15) is 8.42 Å². The highest BCUT2D eigenvalue weighted by atomic mass is 35.5. The van der Waals surface area contributed by atoms with Gasteiger partial charge >= 0.3 is 0 Å². The van der Waals surface area contributed by atoms with Gasteiger partial charge in [0, 0.05) is 17.8 Å². The van der Waals surface area contributed by atoms with Crippen molar-refractivity contribution in [1.29, 1.82) is 0 Å². The first-order chi connectivity index (χ1) is 9.29. The normalized spacial score (nSPS) is 11.8. The van der Waals surface area contributed by atoms with Gasteiger partial charge < -0.3 is 0 Å². The second kappa shape index (κ2) is 5.73. The molecule has 2 rings (SSSR count). The Hall–Kier alpha value is -1.08. The smallest absolute Gasteiger partial charge is 0.242 e. The Bertz CT molecular complexity index is 722. The number of hydrogen-bond acceptors (Lipinski definition) is 3. The fourth-order valence-corrected chi connectivity index (χ4v) is 3.41. The van der Waals surface area contributed by atoms with Crippen LogP contribution in [0, 0.1) is 6.92 Å². The molecule has 1 heterocycles. The van der Waals surface area contributed by atoms with Crippen LogP contribution in [0.25, 0.3) is 0 Å². The molecular formula is C12H13Cl2N3O2S. The lowest BCUT2D eigenvalue weighted by Gasteiger charge is -2.07. The van der Waals surface area contributed by atoms with Crippen molar-refractivity contribution in [3.63, 3.8) is 0 Å². The molecule has 108 valence electrons. The number of sulfonamides is 1. The van der Waals surface area contributed by atoms with Crippen LogP contribution >= 0.6 is 23.2 Å². The molecule has 0 unspecified atom stereocenters. The summed E-state index contributed by atoms with van der Waals surface area (Å²) in [7, 11) is -1.94. The van der Waals surface area contributed by atoms with Gasteiger partial charge in [-0.15, -0.1) is 0 Å². The van der Waals surface area contributed by atoms with E-state index in [1.54, 1.807) is 11.7 Å². The van der Waals surface area contributed by atoms with Crippen LogP contribution in [0.4, 0.5) is 0 Å². The van der Waals surface area contributed by atoms with E-state index in [1.165, 1.54) is 18.2 Å². The van der Waals surface area contributed by atoms with Crippen LogP contribution in [0.1, 0.15) is 11.4 Å². The molecule has 0 amide bonds. The maximum atomic E-state index is 12.2. The molecule has 0 aliphatic carbocycles. The van der Waals surface area contributed by atoms with Crippen molar-refractivity contribution in [1.82, 2.24) is 14.5 Å². The third-order valence-electron chi connectivity index (χ3n) is 2.79. The molecule has 0 saturated heterocycles. The number of aromatic nitrogens is 2. The van der Waals surface area contributed by atoms with E-state index < -0.39 is 10.0 Å². The summed E-state index contributed by atoms with van der Waals surface area (Å²) in [6.07, 6.45) is 0. The van der Waals surface area contributed by atoms with E-state index in [-0.39, 0.29) is 16.5 Å². The lowest BCUT2D eigenvalue weighted by Crippen LogP contribution is -2.23. The maximum absolute atomic E-state index is 12.2. The fraction of sp³-hybridized carbons (Fsp3) is 0.250. The number of rotatable bonds is 4. The molecular weight excluding hydrogens is 321 g/mol. The molecule has 0 spiro atoms. The molecule has 0 bridgehead atoms. The van der Waals surface area contributed by atoms with E-state index in [0.717, 1.165) is 5.69 Å². The molecule has 5 nitrogen and oxygen atoms in total. The van der Waals surface area contributed by atoms with Crippen molar-refractivity contribution >= 4 is 33.2 Å². The van der Waals surface area contributed by atoms with Gasteiger partial charge in [-0.1, -0.05) is 23.2 Å². The van der Waals surface area contributed by atoms with Gasteiger partial charge in [0.25, 0.3) is 0 Å². The van der Waals surface area contributed by atoms with Gasteiger partial charge in [-0.05, 0) is 31.2 Å². The number of hydrogen-bond donors (Lipinski definition) is 1. The van der Waals surface area contributed by atoms with E-state index in [2.05, 4.69) is 9.82 Å². The summed E-state index contributed by atoms with van der Waals surface area (Å²) in [4.78, 5) is -0.0423. The van der Waals surface area contributed by atoms with Crippen LogP contribution in [0.15, 0.2) is 29.2 Å². The van der Waals surface area contributed by atoms with E-state index >= 15 is 0 Å². The van der Waals surface area contributed by atoms with Crippen LogP contribution in [-0.4, -0.2) is 18.2 Å². The zero-order chi connectivity index (χ0) is 14.9. The average Bonchev–Trinajstić information content (AvgIpc) is 2.69. The second-order valence-electron chi connectivity index (χ2n) is 4.30. The molecule has 0 atom stereocenters. The van der Waals surface area contributed by atoms with Gasteiger partial charge in [0.2, 0.25) is 10.0 Å². The molecule has 0 aliphatic heterocycles. The summed E-state index contributed by atoms with van der Waals surface area (Å²) in [5.74, 6) is 0. The van der Waals surface area contributed by atoms with Gasteiger partial charge in [-0.2, -0.15) is 5.10 Å². The molecule has 0 fully saturated rings. The average molecular weight is 334 g/mol. The molecule has 1 N–H and O–H groups in total. The summed E-state index contributed by atoms with van der Waals surface area (Å²) in [6.45, 7) is 1.98. The first-order valence-electron chi connectivity index (χ1n) is 5.74. The molecule has 0 saturated carbocycles. The van der Waals surface area contributed by atoms with Gasteiger partial charge in [-0.3, -0.25) is 4.68 Å². The molecule has 8 heteroatoms. The number of nitrogens with one attached hydrogen (secondary N) is 1. The molecule has 1 aromatic heterocycles. The summed E-state index contributed by atoms with van der Waals surface area (Å²) in [6, 6.07) is 6.10. The van der Waals surface area contributed by atoms with Gasteiger partial charge in [0.1, 0.15) is 4.90 Å². The monoisotopic (exact) mass is 333 g/mol. The lowest BCUT2D eigenvalue weighted by atomic mass is 10.4. The van der Waals surface area contributed by atoms with Crippen molar-refractivity contribution in [2.75, 3.05) is 0 Å². The molecule has 2 aromatic rings. The Kier molecular flexibility index (Phi) is 4.39. The van der Waals surface area contributed by atoms with Crippen LogP contribution in [0.2, 0.25) is 10.0 Å². The highest BCUT2D eigenvalue weighted by Crippen LogP contribution is 2.24. The topological polar surface area (TPSA) is 64.0 Å². The lowest BCUT2D eigenvalue weighted by molar-refractivity contribution is 0.579. The molecule has 0 aliphatic rings. The Morgan fingerprint density at radius 2 is 2.00 bits per heavy atom. The number of nitrogens with zero attached hydrogens (tertiary/aromatic N) is 2. The van der Waals surface area contributed by atoms with Crippen LogP contribution in [0.5, 0.6) is 0 Å². The Morgan fingerprint density at radius 3 is 2.60 bits per heavy atom. The van der Waals surface area contributed by atoms with Crippen molar-refractivity contribution in [2.24, 2.45) is 7.05 Å². The fourth-order valence-electron chi connectivity index (χ4n) is 1.65. The first kappa shape index (κ1) is 15.3. The molecule has 0 radical (unpaired) electrons. The second-order valence-corrected chi connectivity index (χ2v) is 6.88. The van der Waals surface area contributed by atoms with Gasteiger partial charge in [0.15, 0.2) is 0 Å². The maximum Gasteiger partial charge on any atom is 0.242 e. The van der Waals surface area contributed by atoms with Crippen molar-refractivity contribution in [3.05, 3.63) is 45.7 Å². The highest BCUT2D eigenvalue weighted by Gasteiger charge is 2.18. The third-order valence-corrected chi connectivity index (χ3v) is 4.91. The van der Waals surface area contributed by atoms with Crippen LogP contribution < -0.4 is 4.72 Å². The zero-order valence-electron chi connectivity index (χ0n) is 10.9. The molecule has 1 aromatic carbocycles. The minimum Gasteiger partial charge on any atom is -0.273 e. The quantitative estimate of drug-likeness (QED) is 0.934. The predicted molar refractivity (Wildman–Crippen MR) is 78.4 cm³/mol. The summed E-state index contributed by atoms with van der Waals surface area (Å²) >= 11 is 11.7. The summed E-state index contributed by atoms with van der Waals surface area (Å²) < 4.78 is 28.5. The minimum absolute atomic E-state index is 0.0423. The largest absolute Gasteiger partial charge is 0.273 e. The van der Waals surface area contributed by atoms with E-state index in [1.807, 2.05) is 13.0 Å². The molecule has 20 heavy (non-hydrogen) atoms. The summed E-state index contributed by atoms with van der Waals surface area (Å²) in [5, 5.41) is 4.61. The van der Waals surface area contributed by atoms with Crippen LogP contribution in [0.3, 0.4) is 0 Å². The number of halogens is 2. The Balaban J connectivity index is 2.21. The number of aryl methyl sites for hydroxylation is 2. The SMILES string of the molecule is Cc1cc(CNS(=O)(=O)c2cc(Cl)ccc2Cl)nn1C. The third kappa shape index (κ3) is 3.32. The Labute approximate surface area is 127 Å². The predicted octanol–water partition coefficient (Wildman–Crippen LogP) is 2.51. The standard InChI is InChI=1S/C12H13Cl2N3O2S/c1-8-5-10(16-17(8)2)7-15-20(18,19)12-6-9(13)3-4-11(12)14/h3-6,15H,7H2,1-2H3. The zero-order valence-corrected chi connectivity index (χ0v) is 13.2. The number of benzene rings is 1. The van der Waals surface area contributed by atoms with Gasteiger partial charge in [0.05, 0.1) is 17.3 Å². The van der Waals surface area contributed by atoms with Crippen molar-refractivity contribution in [2.45, 2.75) is 18.4 Å². The minimum atomic E-state index is -3.73. The first-order valence-corrected chi connectivity index (χ1v) is 7.98. The van der Waals surface area contributed by atoms with E-state index in [4.69, 9.17) is 23.2 Å². The van der Waals surface area contributed by atoms with Crippen molar-refractivity contribution < 1.29 is 8.42 Å². The van der Waals surface area contributed by atoms with E-state index in [0.29, 0.717) is 10.7 Å². The van der Waals surface area contributed by atoms with Gasteiger partial charge in [-0.25, -0.2) is 13.1 Å². The van der Waals surface area contributed by atoms with Crippen LogP contribution in [-0.2, 0) is 23.6 Å². The summed E-state index contributed by atoms with van der Waals surface area (Å²) in [5.41, 5.74) is 1.58. The Morgan fingerprint density at radius 1 is 1.30 bits per heavy atom. The highest BCUT2D eigenvalue weighted by molar-refractivity contribution is 7.89. The van der Waals surface area contributed by atoms with Crippen molar-refractivity contribution in [3.8, 4) is 0 Å².